The van der Waals surface area contributed by atoms with Crippen molar-refractivity contribution >= 4 is 5.57 Å². The van der Waals surface area contributed by atoms with E-state index in [9.17, 15) is 13.9 Å². The van der Waals surface area contributed by atoms with E-state index in [-0.39, 0.29) is 17.7 Å². The second-order valence-corrected chi connectivity index (χ2v) is 7.00. The Hall–Kier alpha value is -3.65. The van der Waals surface area contributed by atoms with Gasteiger partial charge in [-0.2, -0.15) is 5.10 Å². The number of aryl methyl sites for hydroxylation is 1. The van der Waals surface area contributed by atoms with Gasteiger partial charge in [0.25, 0.3) is 0 Å². The maximum Gasteiger partial charge on any atom is 0.139 e. The van der Waals surface area contributed by atoms with Gasteiger partial charge in [0.2, 0.25) is 0 Å². The van der Waals surface area contributed by atoms with Crippen molar-refractivity contribution in [2.75, 3.05) is 0 Å². The molecule has 0 aliphatic heterocycles. The second-order valence-electron chi connectivity index (χ2n) is 7.00. The van der Waals surface area contributed by atoms with Crippen LogP contribution in [0.3, 0.4) is 0 Å². The number of halogens is 2. The average molecular weight is 407 g/mol. The molecular weight excluding hydrogens is 388 g/mol. The van der Waals surface area contributed by atoms with Crippen LogP contribution in [0, 0.1) is 11.6 Å². The van der Waals surface area contributed by atoms with Crippen molar-refractivity contribution in [1.29, 1.82) is 0 Å². The van der Waals surface area contributed by atoms with Gasteiger partial charge in [-0.25, -0.2) is 23.4 Å². The van der Waals surface area contributed by atoms with Gasteiger partial charge >= 0.3 is 0 Å². The quantitative estimate of drug-likeness (QED) is 0.531. The number of nitrogens with zero attached hydrogens (tertiary/aromatic N) is 5. The number of hydrogen-bond acceptors (Lipinski definition) is 4. The molecule has 4 aromatic rings. The van der Waals surface area contributed by atoms with Crippen molar-refractivity contribution in [3.8, 4) is 11.4 Å². The van der Waals surface area contributed by atoms with Crippen LogP contribution in [0.15, 0.2) is 74.1 Å². The van der Waals surface area contributed by atoms with Crippen LogP contribution in [0.2, 0.25) is 0 Å². The third-order valence-corrected chi connectivity index (χ3v) is 5.05. The highest BCUT2D eigenvalue weighted by Gasteiger charge is 2.37. The summed E-state index contributed by atoms with van der Waals surface area (Å²) >= 11 is 0. The topological polar surface area (TPSA) is 68.8 Å². The highest BCUT2D eigenvalue weighted by Crippen LogP contribution is 2.38. The monoisotopic (exact) mass is 407 g/mol. The fourth-order valence-corrected chi connectivity index (χ4v) is 3.42. The highest BCUT2D eigenvalue weighted by molar-refractivity contribution is 5.73. The molecule has 2 aromatic heterocycles. The van der Waals surface area contributed by atoms with E-state index in [1.165, 1.54) is 23.4 Å². The van der Waals surface area contributed by atoms with E-state index in [0.717, 1.165) is 23.5 Å². The molecule has 0 radical (unpaired) electrons. The number of rotatable bonds is 6. The predicted octanol–water partition coefficient (Wildman–Crippen LogP) is 3.56. The number of aromatic nitrogens is 5. The molecule has 152 valence electrons. The molecule has 6 nitrogen and oxygen atoms in total. The molecular formula is C22H19F2N5O. The van der Waals surface area contributed by atoms with Crippen molar-refractivity contribution < 1.29 is 13.9 Å². The van der Waals surface area contributed by atoms with E-state index in [1.54, 1.807) is 18.3 Å². The molecule has 0 amide bonds. The molecule has 0 aliphatic carbocycles. The summed E-state index contributed by atoms with van der Waals surface area (Å²) in [6.45, 7) is 3.89. The van der Waals surface area contributed by atoms with Crippen LogP contribution >= 0.6 is 0 Å². The molecule has 1 unspecified atom stereocenters. The zero-order valence-corrected chi connectivity index (χ0v) is 16.2. The Bertz CT molecular complexity index is 1180. The van der Waals surface area contributed by atoms with Gasteiger partial charge in [-0.05, 0) is 23.3 Å². The summed E-state index contributed by atoms with van der Waals surface area (Å²) in [4.78, 5) is 8.18. The molecule has 1 N–H and O–H groups in total. The average Bonchev–Trinajstić information content (AvgIpc) is 3.39. The maximum atomic E-state index is 14.6. The normalized spacial score (nSPS) is 13.2. The summed E-state index contributed by atoms with van der Waals surface area (Å²) in [6.07, 6.45) is 6.27. The standard InChI is InChI=1S/C22H19F2N5O/c1-15(16-3-5-17(6-4-16)21-26-9-10-28(21)2)22(30,12-29-14-25-13-27-29)19-8-7-18(23)11-20(19)24/h3-11,13-14,30H,1,12H2,2H3. The lowest BCUT2D eigenvalue weighted by molar-refractivity contribution is 0.0726. The zero-order valence-electron chi connectivity index (χ0n) is 16.2. The molecule has 0 saturated heterocycles. The fourth-order valence-electron chi connectivity index (χ4n) is 3.42. The lowest BCUT2D eigenvalue weighted by atomic mass is 9.82. The molecule has 0 bridgehead atoms. The zero-order chi connectivity index (χ0) is 21.3. The van der Waals surface area contributed by atoms with Gasteiger partial charge in [0, 0.05) is 36.6 Å². The van der Waals surface area contributed by atoms with Gasteiger partial charge in [0.15, 0.2) is 0 Å². The summed E-state index contributed by atoms with van der Waals surface area (Å²) in [7, 11) is 1.89. The van der Waals surface area contributed by atoms with Crippen LogP contribution in [0.1, 0.15) is 11.1 Å². The molecule has 1 atom stereocenters. The van der Waals surface area contributed by atoms with Gasteiger partial charge in [-0.15, -0.1) is 0 Å². The molecule has 8 heteroatoms. The fraction of sp³-hybridized carbons (Fsp3) is 0.136. The molecule has 0 aliphatic rings. The Morgan fingerprint density at radius 2 is 1.93 bits per heavy atom. The molecule has 4 rings (SSSR count). The van der Waals surface area contributed by atoms with E-state index in [0.29, 0.717) is 5.56 Å². The van der Waals surface area contributed by atoms with Crippen molar-refractivity contribution in [2.45, 2.75) is 12.1 Å². The summed E-state index contributed by atoms with van der Waals surface area (Å²) in [5, 5.41) is 15.6. The Labute approximate surface area is 171 Å². The first-order valence-corrected chi connectivity index (χ1v) is 9.16. The number of aliphatic hydroxyl groups is 1. The minimum absolute atomic E-state index is 0.0995. The van der Waals surface area contributed by atoms with Gasteiger partial charge in [-0.1, -0.05) is 30.8 Å². The Morgan fingerprint density at radius 3 is 2.53 bits per heavy atom. The van der Waals surface area contributed by atoms with E-state index in [4.69, 9.17) is 0 Å². The van der Waals surface area contributed by atoms with Crippen molar-refractivity contribution in [3.05, 3.63) is 96.9 Å². The minimum Gasteiger partial charge on any atom is -0.378 e. The first-order chi connectivity index (χ1) is 14.4. The van der Waals surface area contributed by atoms with Gasteiger partial charge < -0.3 is 9.67 Å². The lowest BCUT2D eigenvalue weighted by Gasteiger charge is -2.31. The third-order valence-electron chi connectivity index (χ3n) is 5.05. The smallest absolute Gasteiger partial charge is 0.139 e. The molecule has 2 aromatic carbocycles. The Morgan fingerprint density at radius 1 is 1.17 bits per heavy atom. The molecule has 30 heavy (non-hydrogen) atoms. The number of benzene rings is 2. The Balaban J connectivity index is 1.75. The van der Waals surface area contributed by atoms with Crippen molar-refractivity contribution in [3.63, 3.8) is 0 Å². The summed E-state index contributed by atoms with van der Waals surface area (Å²) in [5.74, 6) is -0.817. The van der Waals surface area contributed by atoms with Gasteiger partial charge in [0.05, 0.1) is 6.54 Å². The van der Waals surface area contributed by atoms with Crippen LogP contribution in [-0.4, -0.2) is 29.4 Å². The molecule has 0 saturated carbocycles. The van der Waals surface area contributed by atoms with Crippen molar-refractivity contribution in [2.24, 2.45) is 7.05 Å². The summed E-state index contributed by atoms with van der Waals surface area (Å²) in [5.41, 5.74) is -0.255. The van der Waals surface area contributed by atoms with Crippen LogP contribution in [0.5, 0.6) is 0 Å². The minimum atomic E-state index is -1.88. The molecule has 0 fully saturated rings. The molecule has 2 heterocycles. The van der Waals surface area contributed by atoms with E-state index < -0.39 is 17.2 Å². The summed E-state index contributed by atoms with van der Waals surface area (Å²) in [6, 6.07) is 10.3. The Kier molecular flexibility index (Phi) is 5.01. The number of hydrogen-bond donors (Lipinski definition) is 1. The third kappa shape index (κ3) is 3.53. The van der Waals surface area contributed by atoms with Crippen LogP contribution < -0.4 is 0 Å². The maximum absolute atomic E-state index is 14.6. The van der Waals surface area contributed by atoms with E-state index >= 15 is 0 Å². The van der Waals surface area contributed by atoms with E-state index in [1.807, 2.05) is 29.9 Å². The first kappa shape index (κ1) is 19.7. The van der Waals surface area contributed by atoms with Crippen molar-refractivity contribution in [1.82, 2.24) is 24.3 Å². The van der Waals surface area contributed by atoms with Gasteiger partial charge in [0.1, 0.15) is 35.7 Å². The molecule has 0 spiro atoms. The highest BCUT2D eigenvalue weighted by atomic mass is 19.1. The number of imidazole rings is 1. The van der Waals surface area contributed by atoms with E-state index in [2.05, 4.69) is 21.6 Å². The SMILES string of the molecule is C=C(c1ccc(-c2nccn2C)cc1)C(O)(Cn1cncn1)c1ccc(F)cc1F. The first-order valence-electron chi connectivity index (χ1n) is 9.16. The van der Waals surface area contributed by atoms with Gasteiger partial charge in [-0.3, -0.25) is 0 Å². The van der Waals surface area contributed by atoms with Crippen LogP contribution in [-0.2, 0) is 19.2 Å². The van der Waals surface area contributed by atoms with Crippen LogP contribution in [0.25, 0.3) is 17.0 Å². The largest absolute Gasteiger partial charge is 0.378 e. The predicted molar refractivity (Wildman–Crippen MR) is 108 cm³/mol. The van der Waals surface area contributed by atoms with Crippen LogP contribution in [0.4, 0.5) is 8.78 Å². The lowest BCUT2D eigenvalue weighted by Crippen LogP contribution is -2.34. The summed E-state index contributed by atoms with van der Waals surface area (Å²) < 4.78 is 31.4. The second kappa shape index (κ2) is 7.64.